The molecule has 0 fully saturated rings. The van der Waals surface area contributed by atoms with Gasteiger partial charge in [0.05, 0.1) is 11.8 Å². The molecule has 0 aliphatic heterocycles. The van der Waals surface area contributed by atoms with Crippen molar-refractivity contribution in [3.8, 4) is 0 Å². The molecule has 1 unspecified atom stereocenters. The number of Topliss-reactive ketones (excluding diaryl/α,β-unsaturated/α-hetero) is 1. The Labute approximate surface area is 96.6 Å². The third-order valence-corrected chi connectivity index (χ3v) is 2.69. The maximum Gasteiger partial charge on any atom is 0.141 e. The van der Waals surface area contributed by atoms with Gasteiger partial charge in [0.15, 0.2) is 0 Å². The maximum absolute atomic E-state index is 11.7. The Morgan fingerprint density at radius 3 is 2.81 bits per heavy atom. The molecule has 0 saturated heterocycles. The molecule has 1 atom stereocenters. The summed E-state index contributed by atoms with van der Waals surface area (Å²) in [4.78, 5) is 11.7. The van der Waals surface area contributed by atoms with Crippen LogP contribution >= 0.6 is 0 Å². The first-order valence-corrected chi connectivity index (χ1v) is 5.63. The number of methoxy groups -OCH3 is 1. The van der Waals surface area contributed by atoms with E-state index in [2.05, 4.69) is 12.0 Å². The highest BCUT2D eigenvalue weighted by molar-refractivity contribution is 5.80. The second-order valence-corrected chi connectivity index (χ2v) is 4.07. The molecule has 90 valence electrons. The van der Waals surface area contributed by atoms with Gasteiger partial charge in [-0.15, -0.1) is 0 Å². The zero-order valence-corrected chi connectivity index (χ0v) is 10.5. The molecule has 0 radical (unpaired) electrons. The second-order valence-electron chi connectivity index (χ2n) is 4.07. The number of rotatable bonds is 6. The highest BCUT2D eigenvalue weighted by atomic mass is 16.5. The molecule has 0 aliphatic carbocycles. The van der Waals surface area contributed by atoms with Gasteiger partial charge in [-0.25, -0.2) is 0 Å². The predicted octanol–water partition coefficient (Wildman–Crippen LogP) is 1.52. The summed E-state index contributed by atoms with van der Waals surface area (Å²) >= 11 is 0. The van der Waals surface area contributed by atoms with Gasteiger partial charge in [0.25, 0.3) is 0 Å². The standard InChI is InChI=1S/C12H20N2O2/c1-5-10-7-11(14(3)13-10)8-12(15)6-9(2)16-4/h7,9H,5-6,8H2,1-4H3. The minimum atomic E-state index is -0.00799. The Kier molecular flexibility index (Phi) is 4.68. The number of ketones is 1. The lowest BCUT2D eigenvalue weighted by atomic mass is 10.1. The van der Waals surface area contributed by atoms with Gasteiger partial charge in [-0.2, -0.15) is 5.10 Å². The van der Waals surface area contributed by atoms with E-state index in [9.17, 15) is 4.79 Å². The highest BCUT2D eigenvalue weighted by Gasteiger charge is 2.12. The maximum atomic E-state index is 11.7. The van der Waals surface area contributed by atoms with Crippen LogP contribution in [0.4, 0.5) is 0 Å². The van der Waals surface area contributed by atoms with E-state index >= 15 is 0 Å². The number of aryl methyl sites for hydroxylation is 2. The number of nitrogens with zero attached hydrogens (tertiary/aromatic N) is 2. The molecule has 1 aromatic heterocycles. The summed E-state index contributed by atoms with van der Waals surface area (Å²) in [6.07, 6.45) is 1.79. The largest absolute Gasteiger partial charge is 0.381 e. The van der Waals surface area contributed by atoms with Crippen LogP contribution in [0, 0.1) is 0 Å². The van der Waals surface area contributed by atoms with Crippen LogP contribution in [0.1, 0.15) is 31.7 Å². The number of carbonyl (C=O) groups is 1. The van der Waals surface area contributed by atoms with Gasteiger partial charge in [-0.1, -0.05) is 6.92 Å². The third-order valence-electron chi connectivity index (χ3n) is 2.69. The topological polar surface area (TPSA) is 44.1 Å². The Balaban J connectivity index is 2.58. The first-order valence-electron chi connectivity index (χ1n) is 5.63. The molecule has 0 saturated carbocycles. The van der Waals surface area contributed by atoms with Gasteiger partial charge in [0, 0.05) is 32.7 Å². The van der Waals surface area contributed by atoms with Crippen molar-refractivity contribution in [3.63, 3.8) is 0 Å². The number of carbonyl (C=O) groups excluding carboxylic acids is 1. The lowest BCUT2D eigenvalue weighted by Crippen LogP contribution is -2.15. The van der Waals surface area contributed by atoms with E-state index in [1.54, 1.807) is 11.8 Å². The minimum Gasteiger partial charge on any atom is -0.381 e. The molecular weight excluding hydrogens is 204 g/mol. The molecule has 1 heterocycles. The normalized spacial score (nSPS) is 12.8. The van der Waals surface area contributed by atoms with Gasteiger partial charge in [-0.3, -0.25) is 9.48 Å². The van der Waals surface area contributed by atoms with Gasteiger partial charge < -0.3 is 4.74 Å². The van der Waals surface area contributed by atoms with Crippen molar-refractivity contribution in [2.24, 2.45) is 7.05 Å². The lowest BCUT2D eigenvalue weighted by molar-refractivity contribution is -0.120. The number of hydrogen-bond acceptors (Lipinski definition) is 3. The molecule has 0 aromatic carbocycles. The summed E-state index contributed by atoms with van der Waals surface area (Å²) in [6, 6.07) is 2.00. The zero-order chi connectivity index (χ0) is 12.1. The fourth-order valence-corrected chi connectivity index (χ4v) is 1.59. The van der Waals surface area contributed by atoms with E-state index in [1.165, 1.54) is 0 Å². The first-order chi connectivity index (χ1) is 7.56. The number of ether oxygens (including phenoxy) is 1. The molecule has 16 heavy (non-hydrogen) atoms. The predicted molar refractivity (Wildman–Crippen MR) is 62.4 cm³/mol. The van der Waals surface area contributed by atoms with E-state index < -0.39 is 0 Å². The smallest absolute Gasteiger partial charge is 0.141 e. The molecule has 4 nitrogen and oxygen atoms in total. The van der Waals surface area contributed by atoms with E-state index in [-0.39, 0.29) is 11.9 Å². The van der Waals surface area contributed by atoms with Crippen LogP contribution in [0.2, 0.25) is 0 Å². The summed E-state index contributed by atoms with van der Waals surface area (Å²) in [7, 11) is 3.50. The average molecular weight is 224 g/mol. The van der Waals surface area contributed by atoms with Crippen LogP contribution in [0.5, 0.6) is 0 Å². The van der Waals surface area contributed by atoms with Gasteiger partial charge in [-0.05, 0) is 19.4 Å². The summed E-state index contributed by atoms with van der Waals surface area (Å²) in [6.45, 7) is 3.96. The van der Waals surface area contributed by atoms with Crippen molar-refractivity contribution in [2.75, 3.05) is 7.11 Å². The Morgan fingerprint density at radius 2 is 2.31 bits per heavy atom. The number of hydrogen-bond donors (Lipinski definition) is 0. The molecule has 0 spiro atoms. The highest BCUT2D eigenvalue weighted by Crippen LogP contribution is 2.07. The van der Waals surface area contributed by atoms with Crippen molar-refractivity contribution in [3.05, 3.63) is 17.5 Å². The average Bonchev–Trinajstić information content (AvgIpc) is 2.59. The van der Waals surface area contributed by atoms with Crippen molar-refractivity contribution in [1.82, 2.24) is 9.78 Å². The molecule has 0 N–H and O–H groups in total. The van der Waals surface area contributed by atoms with Crippen LogP contribution < -0.4 is 0 Å². The monoisotopic (exact) mass is 224 g/mol. The molecular formula is C12H20N2O2. The molecule has 0 amide bonds. The summed E-state index contributed by atoms with van der Waals surface area (Å²) in [5, 5.41) is 4.31. The second kappa shape index (κ2) is 5.80. The van der Waals surface area contributed by atoms with Crippen molar-refractivity contribution in [1.29, 1.82) is 0 Å². The Morgan fingerprint density at radius 1 is 1.62 bits per heavy atom. The lowest BCUT2D eigenvalue weighted by Gasteiger charge is -2.07. The van der Waals surface area contributed by atoms with E-state index in [0.29, 0.717) is 12.8 Å². The van der Waals surface area contributed by atoms with Gasteiger partial charge in [0.1, 0.15) is 5.78 Å². The summed E-state index contributed by atoms with van der Waals surface area (Å²) in [5.41, 5.74) is 2.01. The first kappa shape index (κ1) is 12.9. The SMILES string of the molecule is CCc1cc(CC(=O)CC(C)OC)n(C)n1. The molecule has 0 aliphatic rings. The van der Waals surface area contributed by atoms with Crippen LogP contribution in [0.15, 0.2) is 6.07 Å². The van der Waals surface area contributed by atoms with E-state index in [1.807, 2.05) is 20.0 Å². The van der Waals surface area contributed by atoms with Gasteiger partial charge >= 0.3 is 0 Å². The molecule has 4 heteroatoms. The summed E-state index contributed by atoms with van der Waals surface area (Å²) in [5.74, 6) is 0.194. The van der Waals surface area contributed by atoms with Crippen LogP contribution in [0.3, 0.4) is 0 Å². The minimum absolute atomic E-state index is 0.00799. The van der Waals surface area contributed by atoms with Crippen molar-refractivity contribution >= 4 is 5.78 Å². The van der Waals surface area contributed by atoms with E-state index in [0.717, 1.165) is 17.8 Å². The van der Waals surface area contributed by atoms with Crippen molar-refractivity contribution < 1.29 is 9.53 Å². The fraction of sp³-hybridized carbons (Fsp3) is 0.667. The van der Waals surface area contributed by atoms with E-state index in [4.69, 9.17) is 4.74 Å². The van der Waals surface area contributed by atoms with Crippen molar-refractivity contribution in [2.45, 2.75) is 39.2 Å². The van der Waals surface area contributed by atoms with Crippen LogP contribution in [0.25, 0.3) is 0 Å². The van der Waals surface area contributed by atoms with Crippen LogP contribution in [-0.4, -0.2) is 28.8 Å². The third kappa shape index (κ3) is 3.45. The zero-order valence-electron chi connectivity index (χ0n) is 10.5. The molecule has 0 bridgehead atoms. The molecule has 1 aromatic rings. The van der Waals surface area contributed by atoms with Gasteiger partial charge in [0.2, 0.25) is 0 Å². The molecule has 1 rings (SSSR count). The Hall–Kier alpha value is -1.16. The Bertz CT molecular complexity index is 358. The fourth-order valence-electron chi connectivity index (χ4n) is 1.59. The number of aromatic nitrogens is 2. The van der Waals surface area contributed by atoms with Crippen LogP contribution in [-0.2, 0) is 29.4 Å². The quantitative estimate of drug-likeness (QED) is 0.736. The summed E-state index contributed by atoms with van der Waals surface area (Å²) < 4.78 is 6.86.